The minimum atomic E-state index is 0.324. The average Bonchev–Trinajstić information content (AvgIpc) is 2.35. The molecule has 0 saturated carbocycles. The van der Waals surface area contributed by atoms with E-state index in [0.717, 1.165) is 15.5 Å². The predicted octanol–water partition coefficient (Wildman–Crippen LogP) is 3.63. The Hall–Kier alpha value is -0.250. The molecule has 0 aliphatic heterocycles. The van der Waals surface area contributed by atoms with Crippen molar-refractivity contribution in [3.8, 4) is 0 Å². The molecule has 0 atom stereocenters. The van der Waals surface area contributed by atoms with E-state index in [4.69, 9.17) is 23.2 Å². The van der Waals surface area contributed by atoms with Crippen LogP contribution >= 0.6 is 39.1 Å². The smallest absolute Gasteiger partial charge is 0.148 e. The maximum Gasteiger partial charge on any atom is 0.148 e. The molecule has 2 aromatic heterocycles. The lowest BCUT2D eigenvalue weighted by atomic mass is 10.4. The third-order valence-electron chi connectivity index (χ3n) is 1.51. The molecule has 0 aliphatic rings. The van der Waals surface area contributed by atoms with E-state index in [0.29, 0.717) is 10.2 Å². The zero-order valence-corrected chi connectivity index (χ0v) is 8.83. The summed E-state index contributed by atoms with van der Waals surface area (Å²) in [6.45, 7) is 0. The summed E-state index contributed by atoms with van der Waals surface area (Å²) in [4.78, 5) is 7.09. The molecule has 0 aliphatic carbocycles. The van der Waals surface area contributed by atoms with Gasteiger partial charge in [0.2, 0.25) is 0 Å². The molecule has 12 heavy (non-hydrogen) atoms. The molecule has 0 bridgehead atoms. The molecule has 0 aromatic carbocycles. The van der Waals surface area contributed by atoms with Crippen molar-refractivity contribution in [2.45, 2.75) is 0 Å². The molecule has 62 valence electrons. The lowest BCUT2D eigenvalue weighted by Gasteiger charge is -1.94. The van der Waals surface area contributed by atoms with Crippen LogP contribution in [0.1, 0.15) is 0 Å². The number of hydrogen-bond acceptors (Lipinski definition) is 1. The molecule has 2 rings (SSSR count). The summed E-state index contributed by atoms with van der Waals surface area (Å²) >= 11 is 14.8. The third kappa shape index (κ3) is 1.22. The highest BCUT2D eigenvalue weighted by Crippen LogP contribution is 2.28. The van der Waals surface area contributed by atoms with Gasteiger partial charge < -0.3 is 4.98 Å². The molecule has 0 fully saturated rings. The SMILES string of the molecule is Clc1cc2[nH]cc(Br)c2nc1Cl. The highest BCUT2D eigenvalue weighted by molar-refractivity contribution is 9.10. The summed E-state index contributed by atoms with van der Waals surface area (Å²) in [5.41, 5.74) is 1.67. The molecule has 0 spiro atoms. The van der Waals surface area contributed by atoms with Crippen molar-refractivity contribution < 1.29 is 0 Å². The number of rotatable bonds is 0. The van der Waals surface area contributed by atoms with E-state index in [-0.39, 0.29) is 0 Å². The maximum atomic E-state index is 5.77. The second kappa shape index (κ2) is 2.91. The summed E-state index contributed by atoms with van der Waals surface area (Å²) < 4.78 is 0.885. The Kier molecular flexibility index (Phi) is 2.02. The van der Waals surface area contributed by atoms with Gasteiger partial charge in [-0.3, -0.25) is 0 Å². The molecule has 5 heteroatoms. The highest BCUT2D eigenvalue weighted by Gasteiger charge is 2.06. The first-order valence-electron chi connectivity index (χ1n) is 3.17. The minimum Gasteiger partial charge on any atom is -0.359 e. The van der Waals surface area contributed by atoms with Crippen LogP contribution < -0.4 is 0 Å². The van der Waals surface area contributed by atoms with Gasteiger partial charge in [0.25, 0.3) is 0 Å². The van der Waals surface area contributed by atoms with E-state index in [1.54, 1.807) is 12.3 Å². The number of nitrogens with zero attached hydrogens (tertiary/aromatic N) is 1. The summed E-state index contributed by atoms with van der Waals surface area (Å²) in [7, 11) is 0. The van der Waals surface area contributed by atoms with Crippen LogP contribution in [-0.4, -0.2) is 9.97 Å². The van der Waals surface area contributed by atoms with E-state index in [2.05, 4.69) is 25.9 Å². The van der Waals surface area contributed by atoms with Crippen LogP contribution in [0.3, 0.4) is 0 Å². The van der Waals surface area contributed by atoms with E-state index >= 15 is 0 Å². The van der Waals surface area contributed by atoms with Gasteiger partial charge in [-0.15, -0.1) is 0 Å². The van der Waals surface area contributed by atoms with E-state index in [1.807, 2.05) is 0 Å². The normalized spacial score (nSPS) is 10.9. The van der Waals surface area contributed by atoms with Gasteiger partial charge in [-0.05, 0) is 22.0 Å². The van der Waals surface area contributed by atoms with E-state index < -0.39 is 0 Å². The summed E-state index contributed by atoms with van der Waals surface area (Å²) in [5.74, 6) is 0. The molecule has 0 amide bonds. The van der Waals surface area contributed by atoms with Crippen LogP contribution in [0, 0.1) is 0 Å². The number of aromatic nitrogens is 2. The number of hydrogen-bond donors (Lipinski definition) is 1. The number of pyridine rings is 1. The molecular weight excluding hydrogens is 263 g/mol. The second-order valence-electron chi connectivity index (χ2n) is 2.29. The van der Waals surface area contributed by atoms with Crippen molar-refractivity contribution in [1.82, 2.24) is 9.97 Å². The van der Waals surface area contributed by atoms with Crippen LogP contribution in [-0.2, 0) is 0 Å². The lowest BCUT2D eigenvalue weighted by molar-refractivity contribution is 1.40. The van der Waals surface area contributed by atoms with Crippen LogP contribution in [0.25, 0.3) is 11.0 Å². The summed E-state index contributed by atoms with van der Waals surface area (Å²) in [5, 5.41) is 0.781. The molecular formula is C7H3BrCl2N2. The Bertz CT molecular complexity index is 438. The number of H-pyrrole nitrogens is 1. The lowest BCUT2D eigenvalue weighted by Crippen LogP contribution is -1.78. The van der Waals surface area contributed by atoms with Crippen molar-refractivity contribution in [1.29, 1.82) is 0 Å². The van der Waals surface area contributed by atoms with Crippen LogP contribution in [0.15, 0.2) is 16.7 Å². The Balaban J connectivity index is 2.87. The fourth-order valence-electron chi connectivity index (χ4n) is 0.968. The first-order valence-corrected chi connectivity index (χ1v) is 4.72. The Morgan fingerprint density at radius 1 is 1.42 bits per heavy atom. The highest BCUT2D eigenvalue weighted by atomic mass is 79.9. The zero-order chi connectivity index (χ0) is 8.72. The molecule has 0 unspecified atom stereocenters. The summed E-state index contributed by atoms with van der Waals surface area (Å²) in [6.07, 6.45) is 1.80. The van der Waals surface area contributed by atoms with Gasteiger partial charge in [0.15, 0.2) is 0 Å². The van der Waals surface area contributed by atoms with Gasteiger partial charge in [0.05, 0.1) is 15.0 Å². The largest absolute Gasteiger partial charge is 0.359 e. The second-order valence-corrected chi connectivity index (χ2v) is 3.91. The maximum absolute atomic E-state index is 5.77. The standard InChI is InChI=1S/C7H3BrCl2N2/c8-3-2-11-5-1-4(9)7(10)12-6(3)5/h1-2,11H. The van der Waals surface area contributed by atoms with Crippen LogP contribution in [0.2, 0.25) is 10.2 Å². The third-order valence-corrected chi connectivity index (χ3v) is 2.79. The van der Waals surface area contributed by atoms with Gasteiger partial charge in [-0.2, -0.15) is 0 Å². The van der Waals surface area contributed by atoms with E-state index in [1.165, 1.54) is 0 Å². The van der Waals surface area contributed by atoms with Crippen molar-refractivity contribution >= 4 is 50.2 Å². The van der Waals surface area contributed by atoms with Crippen molar-refractivity contribution in [2.24, 2.45) is 0 Å². The Morgan fingerprint density at radius 2 is 2.17 bits per heavy atom. The van der Waals surface area contributed by atoms with Crippen molar-refractivity contribution in [3.63, 3.8) is 0 Å². The van der Waals surface area contributed by atoms with Crippen molar-refractivity contribution in [3.05, 3.63) is 26.9 Å². The summed E-state index contributed by atoms with van der Waals surface area (Å²) in [6, 6.07) is 1.75. The monoisotopic (exact) mass is 264 g/mol. The van der Waals surface area contributed by atoms with Crippen LogP contribution in [0.5, 0.6) is 0 Å². The van der Waals surface area contributed by atoms with Gasteiger partial charge in [-0.1, -0.05) is 23.2 Å². The minimum absolute atomic E-state index is 0.324. The topological polar surface area (TPSA) is 28.7 Å². The van der Waals surface area contributed by atoms with Gasteiger partial charge in [0, 0.05) is 6.20 Å². The van der Waals surface area contributed by atoms with Crippen molar-refractivity contribution in [2.75, 3.05) is 0 Å². The number of aromatic amines is 1. The van der Waals surface area contributed by atoms with E-state index in [9.17, 15) is 0 Å². The van der Waals surface area contributed by atoms with Gasteiger partial charge in [0.1, 0.15) is 10.7 Å². The Morgan fingerprint density at radius 3 is 2.92 bits per heavy atom. The number of nitrogens with one attached hydrogen (secondary N) is 1. The molecule has 2 heterocycles. The van der Waals surface area contributed by atoms with Crippen LogP contribution in [0.4, 0.5) is 0 Å². The predicted molar refractivity (Wildman–Crippen MR) is 53.8 cm³/mol. The molecule has 0 saturated heterocycles. The van der Waals surface area contributed by atoms with Gasteiger partial charge in [-0.25, -0.2) is 4.98 Å². The fourth-order valence-corrected chi connectivity index (χ4v) is 1.68. The molecule has 2 aromatic rings. The first kappa shape index (κ1) is 8.35. The average molecular weight is 266 g/mol. The number of fused-ring (bicyclic) bond motifs is 1. The zero-order valence-electron chi connectivity index (χ0n) is 5.74. The quantitative estimate of drug-likeness (QED) is 0.724. The molecule has 0 radical (unpaired) electrons. The Labute approximate surface area is 87.0 Å². The number of halogens is 3. The molecule has 1 N–H and O–H groups in total. The first-order chi connectivity index (χ1) is 5.68. The molecule has 2 nitrogen and oxygen atoms in total. The van der Waals surface area contributed by atoms with Gasteiger partial charge >= 0.3 is 0 Å². The fraction of sp³-hybridized carbons (Fsp3) is 0.